The van der Waals surface area contributed by atoms with Gasteiger partial charge >= 0.3 is 5.97 Å². The summed E-state index contributed by atoms with van der Waals surface area (Å²) in [7, 11) is 0. The van der Waals surface area contributed by atoms with Gasteiger partial charge < -0.3 is 9.84 Å². The fourth-order valence-corrected chi connectivity index (χ4v) is 1.75. The number of aromatic hydroxyl groups is 1. The summed E-state index contributed by atoms with van der Waals surface area (Å²) < 4.78 is 18.1. The first kappa shape index (κ1) is 15.5. The van der Waals surface area contributed by atoms with Crippen LogP contribution < -0.4 is 0 Å². The molecule has 1 unspecified atom stereocenters. The molecular weight excluding hydrogens is 247 g/mol. The molecule has 0 bridgehead atoms. The molecular formula is C15H21FO3. The Kier molecular flexibility index (Phi) is 6.93. The van der Waals surface area contributed by atoms with Crippen molar-refractivity contribution in [2.75, 3.05) is 0 Å². The average molecular weight is 268 g/mol. The van der Waals surface area contributed by atoms with E-state index in [2.05, 4.69) is 6.92 Å². The number of phenols is 1. The van der Waals surface area contributed by atoms with Crippen molar-refractivity contribution in [2.24, 2.45) is 0 Å². The highest BCUT2D eigenvalue weighted by Crippen LogP contribution is 2.14. The molecule has 4 heteroatoms. The molecule has 0 aliphatic heterocycles. The van der Waals surface area contributed by atoms with E-state index >= 15 is 0 Å². The van der Waals surface area contributed by atoms with Gasteiger partial charge in [0.1, 0.15) is 5.75 Å². The van der Waals surface area contributed by atoms with Crippen molar-refractivity contribution in [3.05, 3.63) is 29.8 Å². The number of halogens is 1. The third-order valence-corrected chi connectivity index (χ3v) is 2.87. The van der Waals surface area contributed by atoms with Crippen molar-refractivity contribution in [3.63, 3.8) is 0 Å². The Hall–Kier alpha value is -1.58. The smallest absolute Gasteiger partial charge is 0.340 e. The Morgan fingerprint density at radius 1 is 1.21 bits per heavy atom. The third-order valence-electron chi connectivity index (χ3n) is 2.87. The summed E-state index contributed by atoms with van der Waals surface area (Å²) >= 11 is 0. The molecule has 1 N–H and O–H groups in total. The van der Waals surface area contributed by atoms with Crippen LogP contribution in [0.3, 0.4) is 0 Å². The van der Waals surface area contributed by atoms with Crippen molar-refractivity contribution in [3.8, 4) is 5.75 Å². The van der Waals surface area contributed by atoms with E-state index in [1.54, 1.807) is 0 Å². The number of ether oxygens (including phenoxy) is 1. The van der Waals surface area contributed by atoms with E-state index in [1.165, 1.54) is 24.3 Å². The lowest BCUT2D eigenvalue weighted by molar-refractivity contribution is -0.0195. The van der Waals surface area contributed by atoms with Crippen LogP contribution >= 0.6 is 0 Å². The minimum Gasteiger partial charge on any atom is -0.508 e. The zero-order valence-corrected chi connectivity index (χ0v) is 11.3. The van der Waals surface area contributed by atoms with Gasteiger partial charge in [-0.25, -0.2) is 9.18 Å². The molecule has 0 radical (unpaired) electrons. The molecule has 0 saturated heterocycles. The van der Waals surface area contributed by atoms with Gasteiger partial charge in [0.05, 0.1) is 5.56 Å². The summed E-state index contributed by atoms with van der Waals surface area (Å²) in [6.45, 7) is 2.12. The van der Waals surface area contributed by atoms with Gasteiger partial charge in [-0.2, -0.15) is 0 Å². The van der Waals surface area contributed by atoms with Crippen LogP contribution in [0.25, 0.3) is 0 Å². The summed E-state index contributed by atoms with van der Waals surface area (Å²) in [4.78, 5) is 11.6. The number of carbonyl (C=O) groups excluding carboxylic acids is 1. The molecule has 0 spiro atoms. The summed E-state index contributed by atoms with van der Waals surface area (Å²) in [5.74, 6) is -0.634. The zero-order chi connectivity index (χ0) is 14.1. The van der Waals surface area contributed by atoms with E-state index < -0.39 is 12.3 Å². The maximum absolute atomic E-state index is 13.4. The highest BCUT2D eigenvalue weighted by atomic mass is 19.1. The van der Waals surface area contributed by atoms with Crippen LogP contribution in [-0.4, -0.2) is 17.4 Å². The van der Waals surface area contributed by atoms with Crippen LogP contribution in [0.1, 0.15) is 55.8 Å². The van der Waals surface area contributed by atoms with Crippen LogP contribution in [-0.2, 0) is 4.74 Å². The number of phenolic OH excluding ortho intramolecular Hbond substituents is 1. The van der Waals surface area contributed by atoms with Gasteiger partial charge in [0, 0.05) is 6.42 Å². The zero-order valence-electron chi connectivity index (χ0n) is 11.3. The number of carbonyl (C=O) groups is 1. The van der Waals surface area contributed by atoms with Crippen molar-refractivity contribution in [1.29, 1.82) is 0 Å². The van der Waals surface area contributed by atoms with Gasteiger partial charge in [0.25, 0.3) is 0 Å². The summed E-state index contributed by atoms with van der Waals surface area (Å²) in [5, 5.41) is 9.08. The maximum Gasteiger partial charge on any atom is 0.340 e. The van der Waals surface area contributed by atoms with Gasteiger partial charge in [0.15, 0.2) is 0 Å². The van der Waals surface area contributed by atoms with E-state index in [0.717, 1.165) is 32.1 Å². The molecule has 0 fully saturated rings. The number of benzene rings is 1. The van der Waals surface area contributed by atoms with Crippen LogP contribution in [0.5, 0.6) is 5.75 Å². The molecule has 0 aromatic heterocycles. The molecule has 0 saturated carbocycles. The fraction of sp³-hybridized carbons (Fsp3) is 0.533. The molecule has 0 heterocycles. The Bertz CT molecular complexity index is 375. The average Bonchev–Trinajstić information content (AvgIpc) is 2.39. The summed E-state index contributed by atoms with van der Waals surface area (Å²) in [5.41, 5.74) is 0.242. The lowest BCUT2D eigenvalue weighted by Crippen LogP contribution is -2.13. The van der Waals surface area contributed by atoms with Crippen LogP contribution in [0.4, 0.5) is 4.39 Å². The Labute approximate surface area is 113 Å². The molecule has 1 aromatic rings. The second kappa shape index (κ2) is 8.51. The summed E-state index contributed by atoms with van der Waals surface area (Å²) in [6, 6.07) is 5.56. The fourth-order valence-electron chi connectivity index (χ4n) is 1.75. The Balaban J connectivity index is 2.26. The van der Waals surface area contributed by atoms with Crippen molar-refractivity contribution in [1.82, 2.24) is 0 Å². The number of alkyl halides is 1. The first-order valence-corrected chi connectivity index (χ1v) is 6.77. The number of unbranched alkanes of at least 4 members (excludes halogenated alkanes) is 4. The molecule has 0 amide bonds. The van der Waals surface area contributed by atoms with E-state index in [0.29, 0.717) is 0 Å². The van der Waals surface area contributed by atoms with Crippen LogP contribution in [0.15, 0.2) is 24.3 Å². The van der Waals surface area contributed by atoms with Crippen molar-refractivity contribution in [2.45, 2.75) is 51.8 Å². The largest absolute Gasteiger partial charge is 0.508 e. The topological polar surface area (TPSA) is 46.5 Å². The third kappa shape index (κ3) is 6.22. The van der Waals surface area contributed by atoms with Crippen LogP contribution in [0, 0.1) is 0 Å². The SMILES string of the molecule is CCCCCCCC(F)OC(=O)c1ccc(O)cc1. The van der Waals surface area contributed by atoms with Gasteiger partial charge in [0.2, 0.25) is 6.36 Å². The molecule has 3 nitrogen and oxygen atoms in total. The number of hydrogen-bond donors (Lipinski definition) is 1. The van der Waals surface area contributed by atoms with Gasteiger partial charge in [-0.3, -0.25) is 0 Å². The Morgan fingerprint density at radius 3 is 2.47 bits per heavy atom. The second-order valence-corrected chi connectivity index (χ2v) is 4.57. The second-order valence-electron chi connectivity index (χ2n) is 4.57. The predicted octanol–water partition coefficient (Wildman–Crippen LogP) is 4.21. The molecule has 1 aromatic carbocycles. The first-order chi connectivity index (χ1) is 9.13. The predicted molar refractivity (Wildman–Crippen MR) is 71.8 cm³/mol. The van der Waals surface area contributed by atoms with E-state index in [4.69, 9.17) is 9.84 Å². The number of hydrogen-bond acceptors (Lipinski definition) is 3. The standard InChI is InChI=1S/C15H21FO3/c1-2-3-4-5-6-7-14(16)19-15(18)12-8-10-13(17)11-9-12/h8-11,14,17H,2-7H2,1H3. The quantitative estimate of drug-likeness (QED) is 0.567. The molecule has 19 heavy (non-hydrogen) atoms. The lowest BCUT2D eigenvalue weighted by atomic mass is 10.1. The van der Waals surface area contributed by atoms with Crippen molar-refractivity contribution >= 4 is 5.97 Å². The number of rotatable bonds is 8. The van der Waals surface area contributed by atoms with Gasteiger partial charge in [-0.1, -0.05) is 32.6 Å². The normalized spacial score (nSPS) is 12.1. The van der Waals surface area contributed by atoms with E-state index in [1.807, 2.05) is 0 Å². The highest BCUT2D eigenvalue weighted by Gasteiger charge is 2.14. The van der Waals surface area contributed by atoms with E-state index in [9.17, 15) is 9.18 Å². The van der Waals surface area contributed by atoms with E-state index in [-0.39, 0.29) is 17.7 Å². The minimum absolute atomic E-state index is 0.0595. The monoisotopic (exact) mass is 268 g/mol. The Morgan fingerprint density at radius 2 is 1.84 bits per heavy atom. The first-order valence-electron chi connectivity index (χ1n) is 6.77. The molecule has 0 aliphatic carbocycles. The maximum atomic E-state index is 13.4. The molecule has 106 valence electrons. The molecule has 1 rings (SSSR count). The van der Waals surface area contributed by atoms with Gasteiger partial charge in [-0.05, 0) is 30.7 Å². The molecule has 0 aliphatic rings. The van der Waals surface area contributed by atoms with Crippen molar-refractivity contribution < 1.29 is 19.0 Å². The lowest BCUT2D eigenvalue weighted by Gasteiger charge is -2.10. The molecule has 1 atom stereocenters. The summed E-state index contributed by atoms with van der Waals surface area (Å²) in [6.07, 6.45) is 3.78. The van der Waals surface area contributed by atoms with Gasteiger partial charge in [-0.15, -0.1) is 0 Å². The minimum atomic E-state index is -1.55. The highest BCUT2D eigenvalue weighted by molar-refractivity contribution is 5.89. The van der Waals surface area contributed by atoms with Crippen LogP contribution in [0.2, 0.25) is 0 Å². The number of esters is 1.